The molecule has 2 aromatic carbocycles. The quantitative estimate of drug-likeness (QED) is 0.264. The van der Waals surface area contributed by atoms with E-state index < -0.39 is 12.2 Å². The Morgan fingerprint density at radius 1 is 1.09 bits per heavy atom. The first-order chi connectivity index (χ1) is 16.5. The standard InChI is InChI=1S/C25H26N4O4S/c1-4-5-8-15-34-25-26-22-21(27-28-25)19-9-6-7-10-20(19)29(16(2)30)23(33-22)17-11-13-18(14-12-17)24(31)32-3/h6-7,9-14,23H,4-5,8,15H2,1-3H3/t23-/m1/s1. The van der Waals surface area contributed by atoms with Crippen LogP contribution in [0, 0.1) is 0 Å². The third-order valence-electron chi connectivity index (χ3n) is 5.45. The summed E-state index contributed by atoms with van der Waals surface area (Å²) in [6.45, 7) is 3.65. The number of hydrogen-bond donors (Lipinski definition) is 0. The maximum absolute atomic E-state index is 12.9. The first kappa shape index (κ1) is 23.7. The maximum Gasteiger partial charge on any atom is 0.337 e. The Hall–Kier alpha value is -3.46. The van der Waals surface area contributed by atoms with Crippen molar-refractivity contribution < 1.29 is 19.1 Å². The van der Waals surface area contributed by atoms with Gasteiger partial charge in [0.05, 0.1) is 18.4 Å². The lowest BCUT2D eigenvalue weighted by molar-refractivity contribution is -0.118. The Labute approximate surface area is 202 Å². The predicted molar refractivity (Wildman–Crippen MR) is 130 cm³/mol. The Balaban J connectivity index is 1.77. The normalized spacial score (nSPS) is 14.4. The van der Waals surface area contributed by atoms with Crippen LogP contribution in [-0.2, 0) is 9.53 Å². The number of hydrogen-bond acceptors (Lipinski definition) is 8. The highest BCUT2D eigenvalue weighted by Crippen LogP contribution is 2.43. The van der Waals surface area contributed by atoms with Crippen LogP contribution in [0.2, 0.25) is 0 Å². The monoisotopic (exact) mass is 478 g/mol. The highest BCUT2D eigenvalue weighted by atomic mass is 32.2. The van der Waals surface area contributed by atoms with Crippen molar-refractivity contribution in [1.82, 2.24) is 15.2 Å². The molecule has 1 aliphatic heterocycles. The molecule has 0 aliphatic carbocycles. The highest BCUT2D eigenvalue weighted by molar-refractivity contribution is 7.99. The van der Waals surface area contributed by atoms with Crippen LogP contribution in [-0.4, -0.2) is 39.9 Å². The number of carbonyl (C=O) groups is 2. The number of anilines is 1. The molecule has 0 N–H and O–H groups in total. The highest BCUT2D eigenvalue weighted by Gasteiger charge is 2.34. The van der Waals surface area contributed by atoms with Crippen molar-refractivity contribution in [2.75, 3.05) is 17.8 Å². The molecule has 0 radical (unpaired) electrons. The summed E-state index contributed by atoms with van der Waals surface area (Å²) in [4.78, 5) is 30.9. The van der Waals surface area contributed by atoms with Gasteiger partial charge in [0, 0.05) is 23.8 Å². The van der Waals surface area contributed by atoms with Crippen LogP contribution in [0.25, 0.3) is 11.3 Å². The van der Waals surface area contributed by atoms with Gasteiger partial charge in [0.1, 0.15) is 0 Å². The molecular formula is C25H26N4O4S. The summed E-state index contributed by atoms with van der Waals surface area (Å²) >= 11 is 1.54. The molecule has 1 aromatic heterocycles. The number of rotatable bonds is 7. The molecule has 34 heavy (non-hydrogen) atoms. The van der Waals surface area contributed by atoms with E-state index in [0.29, 0.717) is 39.1 Å². The Morgan fingerprint density at radius 3 is 2.56 bits per heavy atom. The second-order valence-electron chi connectivity index (χ2n) is 7.79. The first-order valence-corrected chi connectivity index (χ1v) is 12.1. The van der Waals surface area contributed by atoms with Crippen LogP contribution in [0.15, 0.2) is 53.7 Å². The van der Waals surface area contributed by atoms with Crippen LogP contribution in [0.4, 0.5) is 5.69 Å². The summed E-state index contributed by atoms with van der Waals surface area (Å²) in [7, 11) is 1.33. The molecule has 1 amide bonds. The number of aromatic nitrogens is 3. The number of esters is 1. The number of thioether (sulfide) groups is 1. The maximum atomic E-state index is 12.9. The average Bonchev–Trinajstić information content (AvgIpc) is 3.00. The van der Waals surface area contributed by atoms with Crippen LogP contribution >= 0.6 is 11.8 Å². The molecule has 9 heteroatoms. The molecule has 0 unspecified atom stereocenters. The fourth-order valence-electron chi connectivity index (χ4n) is 3.75. The van der Waals surface area contributed by atoms with Crippen LogP contribution < -0.4 is 9.64 Å². The molecule has 0 saturated carbocycles. The van der Waals surface area contributed by atoms with E-state index in [-0.39, 0.29) is 5.91 Å². The molecule has 176 valence electrons. The van der Waals surface area contributed by atoms with Crippen LogP contribution in [0.5, 0.6) is 5.88 Å². The van der Waals surface area contributed by atoms with Crippen LogP contribution in [0.3, 0.4) is 0 Å². The predicted octanol–water partition coefficient (Wildman–Crippen LogP) is 5.05. The van der Waals surface area contributed by atoms with Gasteiger partial charge in [0.25, 0.3) is 0 Å². The second kappa shape index (κ2) is 10.6. The zero-order valence-corrected chi connectivity index (χ0v) is 20.2. The van der Waals surface area contributed by atoms with Gasteiger partial charge >= 0.3 is 5.97 Å². The van der Waals surface area contributed by atoms with Crippen molar-refractivity contribution in [1.29, 1.82) is 0 Å². The van der Waals surface area contributed by atoms with Gasteiger partial charge in [-0.1, -0.05) is 61.9 Å². The van der Waals surface area contributed by atoms with Crippen molar-refractivity contribution in [3.05, 3.63) is 59.7 Å². The fourth-order valence-corrected chi connectivity index (χ4v) is 4.52. The molecule has 0 bridgehead atoms. The van der Waals surface area contributed by atoms with Gasteiger partial charge in [-0.15, -0.1) is 10.2 Å². The lowest BCUT2D eigenvalue weighted by atomic mass is 10.1. The van der Waals surface area contributed by atoms with Crippen molar-refractivity contribution in [3.63, 3.8) is 0 Å². The minimum Gasteiger partial charge on any atom is -0.465 e. The number of unbranched alkanes of at least 4 members (excludes halogenated alkanes) is 2. The Morgan fingerprint density at radius 2 is 1.85 bits per heavy atom. The molecule has 0 saturated heterocycles. The number of methoxy groups -OCH3 is 1. The number of carbonyl (C=O) groups excluding carboxylic acids is 2. The van der Waals surface area contributed by atoms with Crippen molar-refractivity contribution in [3.8, 4) is 17.1 Å². The smallest absolute Gasteiger partial charge is 0.337 e. The number of benzene rings is 2. The number of ether oxygens (including phenoxy) is 2. The zero-order chi connectivity index (χ0) is 24.1. The van der Waals surface area contributed by atoms with Gasteiger partial charge in [0.2, 0.25) is 23.2 Å². The molecule has 4 rings (SSSR count). The zero-order valence-electron chi connectivity index (χ0n) is 19.4. The number of amides is 1. The van der Waals surface area contributed by atoms with Gasteiger partial charge in [-0.2, -0.15) is 4.98 Å². The van der Waals surface area contributed by atoms with Gasteiger partial charge in [0.15, 0.2) is 5.69 Å². The van der Waals surface area contributed by atoms with Crippen molar-refractivity contribution >= 4 is 29.3 Å². The number of fused-ring (bicyclic) bond motifs is 3. The largest absolute Gasteiger partial charge is 0.465 e. The summed E-state index contributed by atoms with van der Waals surface area (Å²) in [6, 6.07) is 14.2. The minimum atomic E-state index is -0.804. The van der Waals surface area contributed by atoms with E-state index in [0.717, 1.165) is 25.0 Å². The number of para-hydroxylation sites is 1. The molecule has 1 atom stereocenters. The SMILES string of the molecule is CCCCCSc1nnc2c(n1)O[C@H](c1ccc(C(=O)OC)cc1)N(C(C)=O)c1ccccc1-2. The molecule has 1 aliphatic rings. The summed E-state index contributed by atoms with van der Waals surface area (Å²) < 4.78 is 11.1. The molecule has 0 fully saturated rings. The van der Waals surface area contributed by atoms with E-state index in [2.05, 4.69) is 22.1 Å². The molecule has 2 heterocycles. The summed E-state index contributed by atoms with van der Waals surface area (Å²) in [5.41, 5.74) is 2.93. The third kappa shape index (κ3) is 4.89. The number of nitrogens with zero attached hydrogens (tertiary/aromatic N) is 4. The topological polar surface area (TPSA) is 94.5 Å². The molecular weight excluding hydrogens is 452 g/mol. The first-order valence-electron chi connectivity index (χ1n) is 11.1. The summed E-state index contributed by atoms with van der Waals surface area (Å²) in [6.07, 6.45) is 2.55. The van der Waals surface area contributed by atoms with E-state index in [1.807, 2.05) is 24.3 Å². The second-order valence-corrected chi connectivity index (χ2v) is 8.86. The minimum absolute atomic E-state index is 0.204. The van der Waals surface area contributed by atoms with Crippen molar-refractivity contribution in [2.45, 2.75) is 44.5 Å². The van der Waals surface area contributed by atoms with Crippen molar-refractivity contribution in [2.24, 2.45) is 0 Å². The van der Waals surface area contributed by atoms with E-state index in [1.165, 1.54) is 25.8 Å². The summed E-state index contributed by atoms with van der Waals surface area (Å²) in [5.74, 6) is 0.563. The van der Waals surface area contributed by atoms with Crippen LogP contribution in [0.1, 0.15) is 55.3 Å². The third-order valence-corrected chi connectivity index (χ3v) is 6.37. The summed E-state index contributed by atoms with van der Waals surface area (Å²) in [5, 5.41) is 9.27. The molecule has 8 nitrogen and oxygen atoms in total. The van der Waals surface area contributed by atoms with Gasteiger partial charge in [-0.25, -0.2) is 4.79 Å². The average molecular weight is 479 g/mol. The lowest BCUT2D eigenvalue weighted by Crippen LogP contribution is -2.36. The van der Waals surface area contributed by atoms with E-state index in [9.17, 15) is 9.59 Å². The van der Waals surface area contributed by atoms with E-state index >= 15 is 0 Å². The Kier molecular flexibility index (Phi) is 7.42. The van der Waals surface area contributed by atoms with Gasteiger partial charge in [-0.05, 0) is 24.6 Å². The van der Waals surface area contributed by atoms with Gasteiger partial charge in [-0.3, -0.25) is 9.69 Å². The molecule has 3 aromatic rings. The van der Waals surface area contributed by atoms with E-state index in [4.69, 9.17) is 9.47 Å². The fraction of sp³-hybridized carbons (Fsp3) is 0.320. The Bertz CT molecular complexity index is 1190. The van der Waals surface area contributed by atoms with E-state index in [1.54, 1.807) is 29.2 Å². The lowest BCUT2D eigenvalue weighted by Gasteiger charge is -2.29. The molecule has 0 spiro atoms. The van der Waals surface area contributed by atoms with Gasteiger partial charge < -0.3 is 9.47 Å².